The Morgan fingerprint density at radius 3 is 2.86 bits per heavy atom. The molecule has 0 aliphatic carbocycles. The molecule has 112 valence electrons. The summed E-state index contributed by atoms with van der Waals surface area (Å²) < 4.78 is 4.95. The van der Waals surface area contributed by atoms with Gasteiger partial charge in [-0.3, -0.25) is 24.5 Å². The van der Waals surface area contributed by atoms with Gasteiger partial charge in [0.1, 0.15) is 6.04 Å². The van der Waals surface area contributed by atoms with Crippen molar-refractivity contribution in [2.24, 2.45) is 0 Å². The molecule has 21 heavy (non-hydrogen) atoms. The third-order valence-corrected chi connectivity index (χ3v) is 3.03. The van der Waals surface area contributed by atoms with E-state index < -0.39 is 23.8 Å². The first kappa shape index (κ1) is 14.8. The fourth-order valence-corrected chi connectivity index (χ4v) is 1.95. The Morgan fingerprint density at radius 2 is 2.24 bits per heavy atom. The lowest BCUT2D eigenvalue weighted by Crippen LogP contribution is -2.53. The van der Waals surface area contributed by atoms with Gasteiger partial charge in [0.15, 0.2) is 5.76 Å². The smallest absolute Gasteiger partial charge is 0.289 e. The van der Waals surface area contributed by atoms with E-state index in [0.717, 1.165) is 0 Å². The van der Waals surface area contributed by atoms with Crippen molar-refractivity contribution >= 4 is 23.6 Å². The number of carbonyl (C=O) groups is 4. The summed E-state index contributed by atoms with van der Waals surface area (Å²) in [7, 11) is 1.45. The number of furan rings is 1. The number of nitrogens with one attached hydrogen (secondary N) is 2. The van der Waals surface area contributed by atoms with E-state index in [4.69, 9.17) is 4.42 Å². The van der Waals surface area contributed by atoms with Gasteiger partial charge < -0.3 is 14.6 Å². The molecule has 0 spiro atoms. The third-order valence-electron chi connectivity index (χ3n) is 3.03. The Labute approximate surface area is 120 Å². The molecule has 1 aliphatic rings. The molecule has 0 radical (unpaired) electrons. The van der Waals surface area contributed by atoms with Crippen molar-refractivity contribution < 1.29 is 23.6 Å². The van der Waals surface area contributed by atoms with Crippen LogP contribution in [-0.2, 0) is 14.4 Å². The number of likely N-dealkylation sites (N-methyl/N-ethyl adjacent to an activating group) is 1. The predicted octanol–water partition coefficient (Wildman–Crippen LogP) is -0.727. The van der Waals surface area contributed by atoms with Crippen molar-refractivity contribution in [3.8, 4) is 0 Å². The van der Waals surface area contributed by atoms with Crippen molar-refractivity contribution in [3.05, 3.63) is 24.2 Å². The Balaban J connectivity index is 1.85. The van der Waals surface area contributed by atoms with Crippen molar-refractivity contribution in [1.29, 1.82) is 0 Å². The quantitative estimate of drug-likeness (QED) is 0.712. The van der Waals surface area contributed by atoms with Gasteiger partial charge in [0, 0.05) is 13.5 Å². The highest BCUT2D eigenvalue weighted by atomic mass is 16.3. The molecule has 1 aromatic heterocycles. The lowest BCUT2D eigenvalue weighted by atomic mass is 10.1. The van der Waals surface area contributed by atoms with Gasteiger partial charge in [0.2, 0.25) is 17.7 Å². The number of carbonyl (C=O) groups excluding carboxylic acids is 4. The lowest BCUT2D eigenvalue weighted by molar-refractivity contribution is -0.137. The maximum Gasteiger partial charge on any atom is 0.289 e. The number of rotatable bonds is 4. The number of imide groups is 1. The van der Waals surface area contributed by atoms with E-state index >= 15 is 0 Å². The standard InChI is InChI=1S/C13H15N3O5/c1-16(13(20)9-3-2-6-21-9)7-11(18)14-8-4-5-10(17)15-12(8)19/h2-3,6,8H,4-5,7H2,1H3,(H,14,18)(H,15,17,19). The van der Waals surface area contributed by atoms with Crippen LogP contribution in [0.2, 0.25) is 0 Å². The molecule has 0 bridgehead atoms. The Hall–Kier alpha value is -2.64. The highest BCUT2D eigenvalue weighted by Crippen LogP contribution is 2.06. The van der Waals surface area contributed by atoms with Crippen LogP contribution in [0.4, 0.5) is 0 Å². The summed E-state index contributed by atoms with van der Waals surface area (Å²) in [6, 6.07) is 2.32. The van der Waals surface area contributed by atoms with Gasteiger partial charge in [-0.2, -0.15) is 0 Å². The van der Waals surface area contributed by atoms with E-state index in [1.165, 1.54) is 24.3 Å². The number of hydrogen-bond donors (Lipinski definition) is 2. The normalized spacial score (nSPS) is 18.0. The van der Waals surface area contributed by atoms with Crippen LogP contribution in [0.5, 0.6) is 0 Å². The van der Waals surface area contributed by atoms with Crippen LogP contribution in [0.1, 0.15) is 23.4 Å². The number of piperidine rings is 1. The summed E-state index contributed by atoms with van der Waals surface area (Å²) in [5, 5.41) is 4.64. The van der Waals surface area contributed by atoms with E-state index in [9.17, 15) is 19.2 Å². The minimum Gasteiger partial charge on any atom is -0.459 e. The van der Waals surface area contributed by atoms with E-state index in [1.54, 1.807) is 6.07 Å². The van der Waals surface area contributed by atoms with Crippen LogP contribution in [0.25, 0.3) is 0 Å². The van der Waals surface area contributed by atoms with Crippen molar-refractivity contribution in [3.63, 3.8) is 0 Å². The maximum atomic E-state index is 11.9. The molecule has 1 atom stereocenters. The Kier molecular flexibility index (Phi) is 4.36. The second-order valence-electron chi connectivity index (χ2n) is 4.71. The van der Waals surface area contributed by atoms with Crippen LogP contribution in [-0.4, -0.2) is 48.2 Å². The summed E-state index contributed by atoms with van der Waals surface area (Å²) in [4.78, 5) is 47.4. The zero-order valence-electron chi connectivity index (χ0n) is 11.4. The monoisotopic (exact) mass is 293 g/mol. The summed E-state index contributed by atoms with van der Waals surface area (Å²) in [5.74, 6) is -1.66. The number of nitrogens with zero attached hydrogens (tertiary/aromatic N) is 1. The van der Waals surface area contributed by atoms with Crippen molar-refractivity contribution in [2.45, 2.75) is 18.9 Å². The number of hydrogen-bond acceptors (Lipinski definition) is 5. The van der Waals surface area contributed by atoms with Gasteiger partial charge in [-0.1, -0.05) is 0 Å². The van der Waals surface area contributed by atoms with E-state index in [1.807, 2.05) is 0 Å². The molecule has 0 saturated carbocycles. The molecule has 8 heteroatoms. The highest BCUT2D eigenvalue weighted by Gasteiger charge is 2.28. The molecular weight excluding hydrogens is 278 g/mol. The SMILES string of the molecule is CN(CC(=O)NC1CCC(=O)NC1=O)C(=O)c1ccco1. The topological polar surface area (TPSA) is 109 Å². The van der Waals surface area contributed by atoms with Crippen LogP contribution >= 0.6 is 0 Å². The zero-order chi connectivity index (χ0) is 15.4. The first-order valence-electron chi connectivity index (χ1n) is 6.39. The first-order valence-corrected chi connectivity index (χ1v) is 6.39. The average molecular weight is 293 g/mol. The fraction of sp³-hybridized carbons (Fsp3) is 0.385. The molecule has 2 rings (SSSR count). The summed E-state index contributed by atoms with van der Waals surface area (Å²) in [5.41, 5.74) is 0. The van der Waals surface area contributed by atoms with Gasteiger partial charge in [0.25, 0.3) is 5.91 Å². The Bertz CT molecular complexity index is 566. The minimum atomic E-state index is -0.748. The van der Waals surface area contributed by atoms with Gasteiger partial charge in [-0.15, -0.1) is 0 Å². The van der Waals surface area contributed by atoms with Gasteiger partial charge >= 0.3 is 0 Å². The second kappa shape index (κ2) is 6.21. The van der Waals surface area contributed by atoms with Gasteiger partial charge in [-0.25, -0.2) is 0 Å². The Morgan fingerprint density at radius 1 is 1.48 bits per heavy atom. The first-order chi connectivity index (χ1) is 9.97. The van der Waals surface area contributed by atoms with Crippen LogP contribution < -0.4 is 10.6 Å². The largest absolute Gasteiger partial charge is 0.459 e. The zero-order valence-corrected chi connectivity index (χ0v) is 11.4. The maximum absolute atomic E-state index is 11.9. The lowest BCUT2D eigenvalue weighted by Gasteiger charge is -2.23. The van der Waals surface area contributed by atoms with Gasteiger partial charge in [-0.05, 0) is 18.6 Å². The third kappa shape index (κ3) is 3.68. The van der Waals surface area contributed by atoms with Crippen LogP contribution in [0, 0.1) is 0 Å². The summed E-state index contributed by atoms with van der Waals surface area (Å²) >= 11 is 0. The number of amides is 4. The highest BCUT2D eigenvalue weighted by molar-refractivity contribution is 6.02. The molecule has 1 unspecified atom stereocenters. The summed E-state index contributed by atoms with van der Waals surface area (Å²) in [6.45, 7) is -0.211. The molecule has 1 fully saturated rings. The van der Waals surface area contributed by atoms with Gasteiger partial charge in [0.05, 0.1) is 12.8 Å². The second-order valence-corrected chi connectivity index (χ2v) is 4.71. The van der Waals surface area contributed by atoms with Crippen LogP contribution in [0.3, 0.4) is 0 Å². The van der Waals surface area contributed by atoms with Crippen LogP contribution in [0.15, 0.2) is 22.8 Å². The molecule has 0 aromatic carbocycles. The van der Waals surface area contributed by atoms with E-state index in [2.05, 4.69) is 10.6 Å². The predicted molar refractivity (Wildman–Crippen MR) is 70.0 cm³/mol. The van der Waals surface area contributed by atoms with E-state index in [-0.39, 0.29) is 31.1 Å². The molecule has 2 heterocycles. The molecule has 1 saturated heterocycles. The minimum absolute atomic E-state index is 0.131. The summed E-state index contributed by atoms with van der Waals surface area (Å²) in [6.07, 6.45) is 1.80. The molecule has 1 aromatic rings. The molecular formula is C13H15N3O5. The molecule has 4 amide bonds. The van der Waals surface area contributed by atoms with Crippen molar-refractivity contribution in [2.75, 3.05) is 13.6 Å². The molecule has 1 aliphatic heterocycles. The average Bonchev–Trinajstić information content (AvgIpc) is 2.95. The fourth-order valence-electron chi connectivity index (χ4n) is 1.95. The molecule has 8 nitrogen and oxygen atoms in total. The molecule has 2 N–H and O–H groups in total. The van der Waals surface area contributed by atoms with Crippen molar-refractivity contribution in [1.82, 2.24) is 15.5 Å². The van der Waals surface area contributed by atoms with E-state index in [0.29, 0.717) is 0 Å².